The van der Waals surface area contributed by atoms with Gasteiger partial charge in [-0.3, -0.25) is 0 Å². The minimum atomic E-state index is -0.670. The Kier molecular flexibility index (Phi) is 7.09. The molecule has 5 rings (SSSR count). The second-order valence-corrected chi connectivity index (χ2v) is 12.5. The van der Waals surface area contributed by atoms with E-state index in [1.165, 1.54) is 0 Å². The number of hydrogen-bond acceptors (Lipinski definition) is 6. The van der Waals surface area contributed by atoms with Gasteiger partial charge in [0.25, 0.3) is 0 Å². The molecule has 3 aliphatic rings. The minimum Gasteiger partial charge on any atom is -0.462 e. The van der Waals surface area contributed by atoms with Crippen molar-refractivity contribution in [1.82, 2.24) is 0 Å². The molecule has 6 nitrogen and oxygen atoms in total. The molecule has 1 aliphatic heterocycles. The molecule has 1 heterocycles. The van der Waals surface area contributed by atoms with Crippen LogP contribution in [0.3, 0.4) is 0 Å². The first-order valence-electron chi connectivity index (χ1n) is 12.4. The zero-order valence-electron chi connectivity index (χ0n) is 20.7. The van der Waals surface area contributed by atoms with Crippen molar-refractivity contribution < 1.29 is 28.6 Å². The molecule has 2 aliphatic carbocycles. The van der Waals surface area contributed by atoms with Crippen molar-refractivity contribution in [2.45, 2.75) is 39.2 Å². The minimum absolute atomic E-state index is 0.0115. The largest absolute Gasteiger partial charge is 0.462 e. The summed E-state index contributed by atoms with van der Waals surface area (Å²) in [6.45, 7) is 4.68. The number of esters is 3. The second kappa shape index (κ2) is 10.0. The Labute approximate surface area is 233 Å². The van der Waals surface area contributed by atoms with Gasteiger partial charge in [0.05, 0.1) is 17.7 Å². The monoisotopic (exact) mass is 630 g/mol. The van der Waals surface area contributed by atoms with Crippen LogP contribution in [0, 0.1) is 22.7 Å². The molecule has 0 aromatic heterocycles. The molecule has 1 saturated carbocycles. The molecule has 0 spiro atoms. The van der Waals surface area contributed by atoms with Crippen molar-refractivity contribution in [3.05, 3.63) is 80.3 Å². The normalized spacial score (nSPS) is 30.4. The van der Waals surface area contributed by atoms with Gasteiger partial charge in [-0.25, -0.2) is 14.4 Å². The van der Waals surface area contributed by atoms with Gasteiger partial charge in [0.2, 0.25) is 0 Å². The van der Waals surface area contributed by atoms with Crippen molar-refractivity contribution in [3.63, 3.8) is 0 Å². The number of cyclic esters (lactones) is 1. The van der Waals surface area contributed by atoms with Crippen LogP contribution in [-0.2, 0) is 19.0 Å². The lowest BCUT2D eigenvalue weighted by atomic mass is 9.48. The number of halogens is 2. The summed E-state index contributed by atoms with van der Waals surface area (Å²) in [4.78, 5) is 38.4. The summed E-state index contributed by atoms with van der Waals surface area (Å²) in [5.41, 5.74) is 0.741. The second-order valence-electron chi connectivity index (χ2n) is 10.6. The van der Waals surface area contributed by atoms with Gasteiger partial charge in [-0.1, -0.05) is 51.8 Å². The fourth-order valence-electron chi connectivity index (χ4n) is 6.43. The first kappa shape index (κ1) is 26.2. The average Bonchev–Trinajstić information content (AvgIpc) is 3.27. The number of rotatable bonds is 5. The Morgan fingerprint density at radius 2 is 1.57 bits per heavy atom. The van der Waals surface area contributed by atoms with Gasteiger partial charge in [-0.2, -0.15) is 0 Å². The van der Waals surface area contributed by atoms with Crippen molar-refractivity contribution in [1.29, 1.82) is 0 Å². The van der Waals surface area contributed by atoms with Crippen LogP contribution in [0.1, 0.15) is 53.8 Å². The van der Waals surface area contributed by atoms with Crippen LogP contribution in [0.25, 0.3) is 0 Å². The van der Waals surface area contributed by atoms with Gasteiger partial charge in [0, 0.05) is 25.9 Å². The van der Waals surface area contributed by atoms with Crippen molar-refractivity contribution in [2.24, 2.45) is 22.7 Å². The molecular weight excluding hydrogens is 604 g/mol. The number of carbonyl (C=O) groups is 3. The number of allylic oxidation sites excluding steroid dienone is 1. The summed E-state index contributed by atoms with van der Waals surface area (Å²) in [5, 5.41) is 0. The summed E-state index contributed by atoms with van der Waals surface area (Å²) in [6.07, 6.45) is 3.49. The molecule has 0 bridgehead atoms. The Balaban J connectivity index is 1.44. The van der Waals surface area contributed by atoms with Crippen molar-refractivity contribution in [3.8, 4) is 0 Å². The van der Waals surface area contributed by atoms with E-state index in [1.54, 1.807) is 48.5 Å². The maximum absolute atomic E-state index is 13.1. The number of carbonyl (C=O) groups excluding carboxylic acids is 3. The van der Waals surface area contributed by atoms with Crippen LogP contribution >= 0.6 is 31.9 Å². The number of hydrogen-bond donors (Lipinski definition) is 0. The Morgan fingerprint density at radius 1 is 0.973 bits per heavy atom. The summed E-state index contributed by atoms with van der Waals surface area (Å²) >= 11 is 6.78. The van der Waals surface area contributed by atoms with Crippen LogP contribution in [0.4, 0.5) is 0 Å². The van der Waals surface area contributed by atoms with E-state index in [0.717, 1.165) is 20.9 Å². The average molecular weight is 632 g/mol. The van der Waals surface area contributed by atoms with Crippen LogP contribution in [0.2, 0.25) is 0 Å². The maximum Gasteiger partial charge on any atom is 0.338 e. The quantitative estimate of drug-likeness (QED) is 0.276. The highest BCUT2D eigenvalue weighted by Crippen LogP contribution is 2.61. The highest BCUT2D eigenvalue weighted by molar-refractivity contribution is 9.10. The lowest BCUT2D eigenvalue weighted by Gasteiger charge is -2.58. The predicted molar refractivity (Wildman–Crippen MR) is 144 cm³/mol. The summed E-state index contributed by atoms with van der Waals surface area (Å²) < 4.78 is 19.2. The molecule has 0 radical (unpaired) electrons. The Bertz CT molecular complexity index is 1250. The van der Waals surface area contributed by atoms with Crippen LogP contribution < -0.4 is 0 Å². The van der Waals surface area contributed by atoms with E-state index < -0.39 is 23.5 Å². The third kappa shape index (κ3) is 4.78. The van der Waals surface area contributed by atoms with E-state index in [9.17, 15) is 14.4 Å². The Hall–Kier alpha value is -2.45. The molecule has 0 N–H and O–H groups in total. The zero-order chi connectivity index (χ0) is 26.4. The number of benzene rings is 2. The van der Waals surface area contributed by atoms with Crippen LogP contribution in [0.15, 0.2) is 69.1 Å². The molecule has 0 unspecified atom stereocenters. The molecule has 37 heavy (non-hydrogen) atoms. The molecule has 2 fully saturated rings. The Morgan fingerprint density at radius 3 is 2.19 bits per heavy atom. The predicted octanol–water partition coefficient (Wildman–Crippen LogP) is 6.52. The fraction of sp³-hybridized carbons (Fsp3) is 0.414. The highest BCUT2D eigenvalue weighted by Gasteiger charge is 2.61. The van der Waals surface area contributed by atoms with Crippen LogP contribution in [0.5, 0.6) is 0 Å². The van der Waals surface area contributed by atoms with E-state index in [2.05, 4.69) is 38.8 Å². The van der Waals surface area contributed by atoms with Gasteiger partial charge in [0.1, 0.15) is 12.7 Å². The van der Waals surface area contributed by atoms with Crippen LogP contribution in [-0.4, -0.2) is 37.2 Å². The third-order valence-corrected chi connectivity index (χ3v) is 9.62. The molecule has 0 amide bonds. The van der Waals surface area contributed by atoms with Gasteiger partial charge in [-0.15, -0.1) is 0 Å². The highest BCUT2D eigenvalue weighted by atomic mass is 79.9. The topological polar surface area (TPSA) is 78.9 Å². The smallest absolute Gasteiger partial charge is 0.338 e. The van der Waals surface area contributed by atoms with E-state index in [1.807, 2.05) is 13.0 Å². The van der Waals surface area contributed by atoms with E-state index in [4.69, 9.17) is 14.2 Å². The summed E-state index contributed by atoms with van der Waals surface area (Å²) in [5.74, 6) is -1.08. The van der Waals surface area contributed by atoms with Gasteiger partial charge < -0.3 is 14.2 Å². The zero-order valence-corrected chi connectivity index (χ0v) is 23.8. The first-order valence-corrected chi connectivity index (χ1v) is 14.0. The first-order chi connectivity index (χ1) is 17.6. The third-order valence-electron chi connectivity index (χ3n) is 8.56. The summed E-state index contributed by atoms with van der Waals surface area (Å²) in [7, 11) is 0. The van der Waals surface area contributed by atoms with Crippen molar-refractivity contribution >= 4 is 49.8 Å². The SMILES string of the molecule is C[C@]1(COC(=O)c2ccc(Br)cc2)[C@H]2CC=C3C(=O)OC[C@H]3[C@]2(C)CC[C@H]1OC(=O)c1ccc(Br)cc1. The molecule has 1 saturated heterocycles. The molecular formula is C29H28Br2O6. The lowest BCUT2D eigenvalue weighted by Crippen LogP contribution is -2.58. The molecule has 8 heteroatoms. The van der Waals surface area contributed by atoms with Gasteiger partial charge >= 0.3 is 17.9 Å². The maximum atomic E-state index is 13.1. The standard InChI is InChI=1S/C29H28Br2O6/c1-28-14-13-24(37-26(33)18-5-9-20(31)10-6-18)29(2,16-36-25(32)17-3-7-19(30)8-4-17)23(28)12-11-21-22(28)15-35-27(21)34/h3-11,22-24H,12-16H2,1-2H3/t22-,23+,24-,28+,29+/m1/s1. The molecule has 2 aromatic carbocycles. The van der Waals surface area contributed by atoms with Crippen molar-refractivity contribution in [2.75, 3.05) is 13.2 Å². The molecule has 2 aromatic rings. The molecule has 194 valence electrons. The van der Waals surface area contributed by atoms with E-state index in [-0.39, 0.29) is 29.8 Å². The van der Waals surface area contributed by atoms with Gasteiger partial charge in [-0.05, 0) is 79.1 Å². The summed E-state index contributed by atoms with van der Waals surface area (Å²) in [6, 6.07) is 14.1. The fourth-order valence-corrected chi connectivity index (χ4v) is 6.96. The number of ether oxygens (including phenoxy) is 3. The van der Waals surface area contributed by atoms with Gasteiger partial charge in [0.15, 0.2) is 0 Å². The lowest BCUT2D eigenvalue weighted by molar-refractivity contribution is -0.148. The van der Waals surface area contributed by atoms with E-state index >= 15 is 0 Å². The van der Waals surface area contributed by atoms with E-state index in [0.29, 0.717) is 30.6 Å². The molecule has 5 atom stereocenters. The number of fused-ring (bicyclic) bond motifs is 3.